The van der Waals surface area contributed by atoms with E-state index in [1.165, 1.54) is 12.1 Å². The summed E-state index contributed by atoms with van der Waals surface area (Å²) >= 11 is 0. The van der Waals surface area contributed by atoms with E-state index in [0.29, 0.717) is 0 Å². The van der Waals surface area contributed by atoms with Gasteiger partial charge in [-0.15, -0.1) is 0 Å². The Morgan fingerprint density at radius 1 is 1.25 bits per heavy atom. The number of hydrogen-bond donors (Lipinski definition) is 1. The predicted molar refractivity (Wildman–Crippen MR) is 47.3 cm³/mol. The number of para-hydroxylation sites is 1. The lowest BCUT2D eigenvalue weighted by Crippen LogP contribution is -2.19. The summed E-state index contributed by atoms with van der Waals surface area (Å²) in [5, 5.41) is -0.215. The average molecular weight is 232 g/mol. The molecule has 16 heavy (non-hydrogen) atoms. The zero-order valence-electron chi connectivity index (χ0n) is 7.60. The monoisotopic (exact) mass is 232 g/mol. The molecular weight excluding hydrogens is 228 g/mol. The molecule has 0 aliphatic carbocycles. The van der Waals surface area contributed by atoms with Crippen molar-refractivity contribution in [3.8, 4) is 0 Å². The fourth-order valence-corrected chi connectivity index (χ4v) is 1.26. The Kier molecular flexibility index (Phi) is 2.18. The molecule has 0 saturated carbocycles. The van der Waals surface area contributed by atoms with Gasteiger partial charge in [-0.05, 0) is 12.1 Å². The molecule has 84 valence electrons. The van der Waals surface area contributed by atoms with Crippen molar-refractivity contribution < 1.29 is 17.6 Å². The maximum atomic E-state index is 13.2. The van der Waals surface area contributed by atoms with Crippen LogP contribution in [-0.4, -0.2) is 9.97 Å². The van der Waals surface area contributed by atoms with Crippen molar-refractivity contribution in [1.82, 2.24) is 9.97 Å². The third kappa shape index (κ3) is 1.64. The van der Waals surface area contributed by atoms with Gasteiger partial charge in [-0.2, -0.15) is 13.2 Å². The van der Waals surface area contributed by atoms with Crippen LogP contribution in [0.25, 0.3) is 10.9 Å². The van der Waals surface area contributed by atoms with E-state index in [4.69, 9.17) is 0 Å². The molecule has 0 radical (unpaired) electrons. The zero-order valence-corrected chi connectivity index (χ0v) is 7.60. The van der Waals surface area contributed by atoms with Crippen LogP contribution in [0.1, 0.15) is 5.82 Å². The first-order valence-electron chi connectivity index (χ1n) is 4.15. The van der Waals surface area contributed by atoms with Crippen LogP contribution in [0.5, 0.6) is 0 Å². The molecule has 1 N–H and O–H groups in total. The number of aromatic nitrogens is 2. The highest BCUT2D eigenvalue weighted by molar-refractivity contribution is 5.77. The minimum atomic E-state index is -4.81. The van der Waals surface area contributed by atoms with Gasteiger partial charge < -0.3 is 4.98 Å². The van der Waals surface area contributed by atoms with Gasteiger partial charge in [-0.25, -0.2) is 9.37 Å². The number of nitrogens with one attached hydrogen (secondary N) is 1. The summed E-state index contributed by atoms with van der Waals surface area (Å²) < 4.78 is 50.0. The second-order valence-electron chi connectivity index (χ2n) is 3.05. The molecule has 1 aromatic heterocycles. The highest BCUT2D eigenvalue weighted by Crippen LogP contribution is 2.26. The van der Waals surface area contributed by atoms with Crippen LogP contribution in [0.3, 0.4) is 0 Å². The summed E-state index contributed by atoms with van der Waals surface area (Å²) in [6.45, 7) is 0. The molecule has 1 heterocycles. The molecule has 0 aliphatic heterocycles. The van der Waals surface area contributed by atoms with Crippen molar-refractivity contribution in [1.29, 1.82) is 0 Å². The van der Waals surface area contributed by atoms with E-state index in [1.807, 2.05) is 0 Å². The summed E-state index contributed by atoms with van der Waals surface area (Å²) in [5.74, 6) is -2.47. The standard InChI is InChI=1S/C9H4F4N2O/c10-5-3-1-2-4-6(5)14-8(9(11,12)13)15-7(4)16/h1-3H,(H,14,15,16). The normalized spacial score (nSPS) is 12.0. The molecular formula is C9H4F4N2O. The number of aromatic amines is 1. The lowest BCUT2D eigenvalue weighted by atomic mass is 10.2. The number of nitrogens with zero attached hydrogens (tertiary/aromatic N) is 1. The molecule has 1 aromatic carbocycles. The number of benzene rings is 1. The van der Waals surface area contributed by atoms with E-state index in [2.05, 4.69) is 4.98 Å². The van der Waals surface area contributed by atoms with E-state index >= 15 is 0 Å². The Morgan fingerprint density at radius 2 is 1.94 bits per heavy atom. The number of alkyl halides is 3. The molecule has 7 heteroatoms. The first-order valence-corrected chi connectivity index (χ1v) is 4.15. The molecule has 0 saturated heterocycles. The number of H-pyrrole nitrogens is 1. The van der Waals surface area contributed by atoms with Crippen LogP contribution in [-0.2, 0) is 6.18 Å². The number of fused-ring (bicyclic) bond motifs is 1. The van der Waals surface area contributed by atoms with Crippen LogP contribution in [0.4, 0.5) is 17.6 Å². The van der Waals surface area contributed by atoms with Crippen LogP contribution in [0.15, 0.2) is 23.0 Å². The average Bonchev–Trinajstić information content (AvgIpc) is 2.18. The molecule has 0 bridgehead atoms. The van der Waals surface area contributed by atoms with Crippen molar-refractivity contribution in [2.24, 2.45) is 0 Å². The summed E-state index contributed by atoms with van der Waals surface area (Å²) in [7, 11) is 0. The van der Waals surface area contributed by atoms with E-state index < -0.39 is 28.9 Å². The van der Waals surface area contributed by atoms with Gasteiger partial charge in [0.15, 0.2) is 0 Å². The van der Waals surface area contributed by atoms with Crippen molar-refractivity contribution in [2.75, 3.05) is 0 Å². The van der Waals surface area contributed by atoms with E-state index in [9.17, 15) is 22.4 Å². The van der Waals surface area contributed by atoms with Crippen LogP contribution >= 0.6 is 0 Å². The lowest BCUT2D eigenvalue weighted by Gasteiger charge is -2.06. The molecule has 0 aliphatic rings. The largest absolute Gasteiger partial charge is 0.449 e. The Labute approximate surface area is 85.7 Å². The highest BCUT2D eigenvalue weighted by atomic mass is 19.4. The van der Waals surface area contributed by atoms with Gasteiger partial charge in [0.1, 0.15) is 11.3 Å². The van der Waals surface area contributed by atoms with Crippen LogP contribution < -0.4 is 5.56 Å². The maximum absolute atomic E-state index is 13.2. The molecule has 2 aromatic rings. The maximum Gasteiger partial charge on any atom is 0.449 e. The Morgan fingerprint density at radius 3 is 2.56 bits per heavy atom. The van der Waals surface area contributed by atoms with Gasteiger partial charge in [-0.3, -0.25) is 4.79 Å². The molecule has 0 amide bonds. The smallest absolute Gasteiger partial charge is 0.302 e. The number of halogens is 4. The first-order chi connectivity index (χ1) is 7.39. The molecule has 0 unspecified atom stereocenters. The minimum absolute atomic E-state index is 0.215. The molecule has 3 nitrogen and oxygen atoms in total. The lowest BCUT2D eigenvalue weighted by molar-refractivity contribution is -0.144. The van der Waals surface area contributed by atoms with E-state index in [-0.39, 0.29) is 5.39 Å². The fourth-order valence-electron chi connectivity index (χ4n) is 1.26. The second kappa shape index (κ2) is 3.29. The van der Waals surface area contributed by atoms with Gasteiger partial charge in [0.25, 0.3) is 5.56 Å². The molecule has 2 rings (SSSR count). The predicted octanol–water partition coefficient (Wildman–Crippen LogP) is 2.08. The second-order valence-corrected chi connectivity index (χ2v) is 3.05. The number of rotatable bonds is 0. The quantitative estimate of drug-likeness (QED) is 0.707. The zero-order chi connectivity index (χ0) is 11.9. The third-order valence-corrected chi connectivity index (χ3v) is 1.96. The first kappa shape index (κ1) is 10.6. The van der Waals surface area contributed by atoms with E-state index in [0.717, 1.165) is 6.07 Å². The minimum Gasteiger partial charge on any atom is -0.302 e. The van der Waals surface area contributed by atoms with Gasteiger partial charge in [0, 0.05) is 0 Å². The fraction of sp³-hybridized carbons (Fsp3) is 0.111. The van der Waals surface area contributed by atoms with Crippen molar-refractivity contribution in [3.63, 3.8) is 0 Å². The molecule has 0 spiro atoms. The van der Waals surface area contributed by atoms with Gasteiger partial charge in [0.05, 0.1) is 5.39 Å². The Hall–Kier alpha value is -1.92. The molecule has 0 atom stereocenters. The van der Waals surface area contributed by atoms with E-state index in [1.54, 1.807) is 4.98 Å². The van der Waals surface area contributed by atoms with Gasteiger partial charge >= 0.3 is 6.18 Å². The summed E-state index contributed by atoms with van der Waals surface area (Å²) in [6, 6.07) is 3.36. The third-order valence-electron chi connectivity index (χ3n) is 1.96. The van der Waals surface area contributed by atoms with Crippen molar-refractivity contribution in [3.05, 3.63) is 40.2 Å². The summed E-state index contributed by atoms with van der Waals surface area (Å²) in [6.07, 6.45) is -4.81. The Balaban J connectivity index is 2.86. The summed E-state index contributed by atoms with van der Waals surface area (Å²) in [4.78, 5) is 15.8. The topological polar surface area (TPSA) is 45.8 Å². The summed E-state index contributed by atoms with van der Waals surface area (Å²) in [5.41, 5.74) is -1.60. The van der Waals surface area contributed by atoms with Gasteiger partial charge in [0.2, 0.25) is 5.82 Å². The van der Waals surface area contributed by atoms with Gasteiger partial charge in [-0.1, -0.05) is 6.07 Å². The molecule has 0 fully saturated rings. The van der Waals surface area contributed by atoms with Crippen LogP contribution in [0, 0.1) is 5.82 Å². The Bertz CT molecular complexity index is 602. The van der Waals surface area contributed by atoms with Crippen LogP contribution in [0.2, 0.25) is 0 Å². The van der Waals surface area contributed by atoms with Crippen molar-refractivity contribution >= 4 is 10.9 Å². The number of hydrogen-bond acceptors (Lipinski definition) is 2. The van der Waals surface area contributed by atoms with Crippen molar-refractivity contribution in [2.45, 2.75) is 6.18 Å². The SMILES string of the molecule is O=c1[nH]c(C(F)(F)F)nc2c(F)cccc12. The highest BCUT2D eigenvalue weighted by Gasteiger charge is 2.34.